The average molecular weight is 370 g/mol. The predicted octanol–water partition coefficient (Wildman–Crippen LogP) is 2.78. The third-order valence-electron chi connectivity index (χ3n) is 6.22. The number of rotatable bonds is 3. The van der Waals surface area contributed by atoms with Gasteiger partial charge in [-0.3, -0.25) is 14.4 Å². The van der Waals surface area contributed by atoms with E-state index in [2.05, 4.69) is 10.00 Å². The SMILES string of the molecule is Cn1nc(C(F)(F)F)cc1C(=O)N1C[C@H]2CC[C@@H](C1)N(CC1CCC1)C2. The molecule has 2 atom stereocenters. The highest BCUT2D eigenvalue weighted by Crippen LogP contribution is 2.34. The van der Waals surface area contributed by atoms with Gasteiger partial charge in [-0.2, -0.15) is 18.3 Å². The van der Waals surface area contributed by atoms with Gasteiger partial charge in [0.15, 0.2) is 5.69 Å². The molecule has 0 N–H and O–H groups in total. The number of aryl methyl sites for hydroxylation is 1. The first-order valence-electron chi connectivity index (χ1n) is 9.46. The zero-order valence-corrected chi connectivity index (χ0v) is 15.0. The Morgan fingerprint density at radius 1 is 1.19 bits per heavy atom. The lowest BCUT2D eigenvalue weighted by atomic mass is 9.83. The normalized spacial score (nSPS) is 27.5. The molecule has 5 rings (SSSR count). The lowest BCUT2D eigenvalue weighted by molar-refractivity contribution is -0.141. The van der Waals surface area contributed by atoms with Crippen LogP contribution < -0.4 is 0 Å². The summed E-state index contributed by atoms with van der Waals surface area (Å²) in [4.78, 5) is 17.2. The zero-order chi connectivity index (χ0) is 18.5. The topological polar surface area (TPSA) is 41.4 Å². The fraction of sp³-hybridized carbons (Fsp3) is 0.778. The summed E-state index contributed by atoms with van der Waals surface area (Å²) in [6, 6.07) is 1.20. The van der Waals surface area contributed by atoms with Crippen LogP contribution in [0, 0.1) is 11.8 Å². The summed E-state index contributed by atoms with van der Waals surface area (Å²) < 4.78 is 39.7. The Morgan fingerprint density at radius 2 is 1.96 bits per heavy atom. The minimum absolute atomic E-state index is 0.0177. The molecule has 1 aromatic rings. The second kappa shape index (κ2) is 6.55. The molecule has 5 nitrogen and oxygen atoms in total. The predicted molar refractivity (Wildman–Crippen MR) is 89.5 cm³/mol. The maximum Gasteiger partial charge on any atom is 0.435 e. The fourth-order valence-corrected chi connectivity index (χ4v) is 4.54. The van der Waals surface area contributed by atoms with Gasteiger partial charge in [-0.15, -0.1) is 0 Å². The molecule has 26 heavy (non-hydrogen) atoms. The lowest BCUT2D eigenvalue weighted by Crippen LogP contribution is -2.47. The molecule has 0 spiro atoms. The van der Waals surface area contributed by atoms with Crippen molar-refractivity contribution >= 4 is 5.91 Å². The molecule has 4 aliphatic rings. The second-order valence-electron chi connectivity index (χ2n) is 8.09. The van der Waals surface area contributed by atoms with Gasteiger partial charge >= 0.3 is 6.18 Å². The zero-order valence-electron chi connectivity index (χ0n) is 15.0. The minimum Gasteiger partial charge on any atom is -0.335 e. The molecule has 4 fully saturated rings. The molecule has 4 heterocycles. The van der Waals surface area contributed by atoms with Crippen LogP contribution in [-0.2, 0) is 13.2 Å². The van der Waals surface area contributed by atoms with Crippen molar-refractivity contribution in [3.63, 3.8) is 0 Å². The number of nitrogens with zero attached hydrogens (tertiary/aromatic N) is 4. The van der Waals surface area contributed by atoms with E-state index >= 15 is 0 Å². The molecule has 3 aliphatic heterocycles. The molecule has 2 bridgehead atoms. The van der Waals surface area contributed by atoms with Crippen molar-refractivity contribution in [3.8, 4) is 0 Å². The van der Waals surface area contributed by atoms with Crippen LogP contribution in [0.5, 0.6) is 0 Å². The van der Waals surface area contributed by atoms with Gasteiger partial charge in [0.1, 0.15) is 5.69 Å². The van der Waals surface area contributed by atoms with E-state index in [4.69, 9.17) is 0 Å². The van der Waals surface area contributed by atoms with Crippen LogP contribution in [0.4, 0.5) is 13.2 Å². The van der Waals surface area contributed by atoms with Crippen LogP contribution in [-0.4, -0.2) is 57.7 Å². The van der Waals surface area contributed by atoms with E-state index in [1.54, 1.807) is 4.90 Å². The molecule has 0 radical (unpaired) electrons. The van der Waals surface area contributed by atoms with Gasteiger partial charge < -0.3 is 4.90 Å². The lowest BCUT2D eigenvalue weighted by Gasteiger charge is -2.40. The standard InChI is InChI=1S/C18H25F3N4O/c1-23-15(7-16(22-23)18(19,20)21)17(26)25-10-13-5-6-14(11-25)24(9-13)8-12-3-2-4-12/h7,12-14H,2-6,8-11H2,1H3/t13-,14-/m0/s1. The molecule has 1 amide bonds. The number of carbonyl (C=O) groups is 1. The molecule has 144 valence electrons. The Labute approximate surface area is 151 Å². The van der Waals surface area contributed by atoms with Gasteiger partial charge in [-0.05, 0) is 37.5 Å². The average Bonchev–Trinajstić information content (AvgIpc) is 2.73. The Balaban J connectivity index is 1.50. The molecule has 1 saturated carbocycles. The molecule has 1 aliphatic carbocycles. The number of amides is 1. The van der Waals surface area contributed by atoms with Crippen molar-refractivity contribution in [3.05, 3.63) is 17.5 Å². The fourth-order valence-electron chi connectivity index (χ4n) is 4.54. The van der Waals surface area contributed by atoms with Gasteiger partial charge in [-0.25, -0.2) is 0 Å². The first-order valence-corrected chi connectivity index (χ1v) is 9.46. The maximum atomic E-state index is 12.9. The number of carbonyl (C=O) groups excluding carboxylic acids is 1. The summed E-state index contributed by atoms with van der Waals surface area (Å²) in [6.45, 7) is 3.34. The van der Waals surface area contributed by atoms with Crippen molar-refractivity contribution in [2.75, 3.05) is 26.2 Å². The summed E-state index contributed by atoms with van der Waals surface area (Å²) >= 11 is 0. The number of halogens is 3. The number of aromatic nitrogens is 2. The Morgan fingerprint density at radius 3 is 2.58 bits per heavy atom. The summed E-state index contributed by atoms with van der Waals surface area (Å²) in [5.74, 6) is 0.857. The number of alkyl halides is 3. The summed E-state index contributed by atoms with van der Waals surface area (Å²) in [6.07, 6.45) is 1.54. The van der Waals surface area contributed by atoms with E-state index in [1.165, 1.54) is 26.3 Å². The van der Waals surface area contributed by atoms with Crippen LogP contribution in [0.25, 0.3) is 0 Å². The van der Waals surface area contributed by atoms with E-state index in [9.17, 15) is 18.0 Å². The van der Waals surface area contributed by atoms with E-state index in [0.29, 0.717) is 25.0 Å². The number of hydrogen-bond acceptors (Lipinski definition) is 3. The Hall–Kier alpha value is -1.57. The Kier molecular flexibility index (Phi) is 4.49. The quantitative estimate of drug-likeness (QED) is 0.822. The van der Waals surface area contributed by atoms with Crippen LogP contribution >= 0.6 is 0 Å². The number of fused-ring (bicyclic) bond motifs is 4. The van der Waals surface area contributed by atoms with Crippen LogP contribution in [0.15, 0.2) is 6.07 Å². The van der Waals surface area contributed by atoms with E-state index in [0.717, 1.165) is 42.6 Å². The molecule has 1 aromatic heterocycles. The maximum absolute atomic E-state index is 12.9. The van der Waals surface area contributed by atoms with Gasteiger partial charge in [0.25, 0.3) is 5.91 Å². The molecular formula is C18H25F3N4O. The summed E-state index contributed by atoms with van der Waals surface area (Å²) in [5.41, 5.74) is -0.989. The highest BCUT2D eigenvalue weighted by atomic mass is 19.4. The third-order valence-corrected chi connectivity index (χ3v) is 6.22. The van der Waals surface area contributed by atoms with Crippen molar-refractivity contribution in [1.82, 2.24) is 19.6 Å². The van der Waals surface area contributed by atoms with Gasteiger partial charge in [0.05, 0.1) is 0 Å². The smallest absolute Gasteiger partial charge is 0.335 e. The van der Waals surface area contributed by atoms with Crippen molar-refractivity contribution < 1.29 is 18.0 Å². The van der Waals surface area contributed by atoms with E-state index < -0.39 is 11.9 Å². The molecule has 0 unspecified atom stereocenters. The second-order valence-corrected chi connectivity index (χ2v) is 8.09. The van der Waals surface area contributed by atoms with Crippen molar-refractivity contribution in [1.29, 1.82) is 0 Å². The van der Waals surface area contributed by atoms with E-state index in [1.807, 2.05) is 0 Å². The number of hydrogen-bond donors (Lipinski definition) is 0. The monoisotopic (exact) mass is 370 g/mol. The van der Waals surface area contributed by atoms with E-state index in [-0.39, 0.29) is 11.6 Å². The molecular weight excluding hydrogens is 345 g/mol. The third kappa shape index (κ3) is 3.35. The van der Waals surface area contributed by atoms with Gasteiger partial charge in [-0.1, -0.05) is 6.42 Å². The summed E-state index contributed by atoms with van der Waals surface area (Å²) in [7, 11) is 1.40. The summed E-state index contributed by atoms with van der Waals surface area (Å²) in [5, 5.41) is 3.48. The van der Waals surface area contributed by atoms with Crippen molar-refractivity contribution in [2.24, 2.45) is 18.9 Å². The Bertz CT molecular complexity index is 682. The van der Waals surface area contributed by atoms with Gasteiger partial charge in [0.2, 0.25) is 0 Å². The largest absolute Gasteiger partial charge is 0.435 e. The van der Waals surface area contributed by atoms with Crippen LogP contribution in [0.1, 0.15) is 48.3 Å². The van der Waals surface area contributed by atoms with Crippen LogP contribution in [0.2, 0.25) is 0 Å². The minimum atomic E-state index is -4.53. The highest BCUT2D eigenvalue weighted by molar-refractivity contribution is 5.92. The molecule has 3 saturated heterocycles. The van der Waals surface area contributed by atoms with Crippen LogP contribution in [0.3, 0.4) is 0 Å². The highest BCUT2D eigenvalue weighted by Gasteiger charge is 2.40. The molecule has 0 aromatic carbocycles. The molecule has 8 heteroatoms. The van der Waals surface area contributed by atoms with Crippen molar-refractivity contribution in [2.45, 2.75) is 44.3 Å². The first kappa shape index (κ1) is 17.8. The van der Waals surface area contributed by atoms with Gasteiger partial charge in [0, 0.05) is 45.3 Å². The number of piperidine rings is 1. The first-order chi connectivity index (χ1) is 12.3.